The number of aliphatic hydroxyl groups excluding tert-OH is 1. The third-order valence-corrected chi connectivity index (χ3v) is 4.21. The van der Waals surface area contributed by atoms with Crippen molar-refractivity contribution in [2.75, 3.05) is 6.54 Å². The van der Waals surface area contributed by atoms with Crippen LogP contribution in [0.15, 0.2) is 18.2 Å². The van der Waals surface area contributed by atoms with Gasteiger partial charge in [-0.1, -0.05) is 29.3 Å². The van der Waals surface area contributed by atoms with Crippen LogP contribution in [0.1, 0.15) is 24.8 Å². The van der Waals surface area contributed by atoms with Crippen molar-refractivity contribution in [2.24, 2.45) is 5.92 Å². The molecule has 0 saturated heterocycles. The molecule has 0 aliphatic heterocycles. The molecule has 2 N–H and O–H groups in total. The van der Waals surface area contributed by atoms with Crippen LogP contribution in [0.5, 0.6) is 0 Å². The van der Waals surface area contributed by atoms with E-state index in [1.807, 2.05) is 0 Å². The number of aliphatic hydroxyl groups is 1. The van der Waals surface area contributed by atoms with Gasteiger partial charge in [0.1, 0.15) is 0 Å². The fraction of sp³-hybridized carbons (Fsp3) is 0.500. The number of hydrogen-bond donors (Lipinski definition) is 2. The minimum atomic E-state index is -0.208. The van der Waals surface area contributed by atoms with Crippen LogP contribution >= 0.6 is 23.2 Å². The molecule has 1 amide bonds. The standard InChI is InChI=1S/C14H17Cl2NO2/c15-12-2-1-3-13(16)11(12)7-14(19)17-8-9-4-5-10(18)6-9/h1-3,9-10,18H,4-8H2,(H,17,19). The molecule has 1 aromatic carbocycles. The van der Waals surface area contributed by atoms with Crippen LogP contribution in [-0.2, 0) is 11.2 Å². The smallest absolute Gasteiger partial charge is 0.224 e. The summed E-state index contributed by atoms with van der Waals surface area (Å²) in [6.45, 7) is 0.609. The number of rotatable bonds is 4. The first-order valence-corrected chi connectivity index (χ1v) is 7.19. The molecule has 1 aliphatic carbocycles. The third kappa shape index (κ3) is 4.10. The maximum Gasteiger partial charge on any atom is 0.224 e. The molecule has 0 radical (unpaired) electrons. The van der Waals surface area contributed by atoms with E-state index in [1.165, 1.54) is 0 Å². The Morgan fingerprint density at radius 1 is 1.32 bits per heavy atom. The SMILES string of the molecule is O=C(Cc1c(Cl)cccc1Cl)NCC1CCC(O)C1. The molecule has 1 aromatic rings. The first kappa shape index (κ1) is 14.6. The van der Waals surface area contributed by atoms with E-state index in [0.29, 0.717) is 28.1 Å². The van der Waals surface area contributed by atoms with E-state index >= 15 is 0 Å². The Morgan fingerprint density at radius 2 is 2.00 bits per heavy atom. The van der Waals surface area contributed by atoms with Crippen LogP contribution < -0.4 is 5.32 Å². The van der Waals surface area contributed by atoms with Crippen molar-refractivity contribution >= 4 is 29.1 Å². The molecule has 2 rings (SSSR count). The molecule has 1 aliphatic rings. The van der Waals surface area contributed by atoms with Gasteiger partial charge in [-0.25, -0.2) is 0 Å². The lowest BCUT2D eigenvalue weighted by Gasteiger charge is -2.12. The second-order valence-electron chi connectivity index (χ2n) is 5.01. The van der Waals surface area contributed by atoms with Crippen molar-refractivity contribution < 1.29 is 9.90 Å². The van der Waals surface area contributed by atoms with Crippen LogP contribution in [0, 0.1) is 5.92 Å². The normalized spacial score (nSPS) is 22.5. The van der Waals surface area contributed by atoms with Gasteiger partial charge in [-0.15, -0.1) is 0 Å². The van der Waals surface area contributed by atoms with Gasteiger partial charge < -0.3 is 10.4 Å². The maximum atomic E-state index is 11.9. The van der Waals surface area contributed by atoms with Gasteiger partial charge in [0.25, 0.3) is 0 Å². The number of hydrogen-bond acceptors (Lipinski definition) is 2. The average Bonchev–Trinajstić information content (AvgIpc) is 2.77. The third-order valence-electron chi connectivity index (χ3n) is 3.50. The number of carbonyl (C=O) groups excluding carboxylic acids is 1. The number of benzene rings is 1. The quantitative estimate of drug-likeness (QED) is 0.898. The second-order valence-corrected chi connectivity index (χ2v) is 5.83. The molecule has 0 bridgehead atoms. The van der Waals surface area contributed by atoms with Gasteiger partial charge in [0, 0.05) is 16.6 Å². The van der Waals surface area contributed by atoms with Crippen LogP contribution in [-0.4, -0.2) is 23.7 Å². The predicted molar refractivity (Wildman–Crippen MR) is 76.5 cm³/mol. The average molecular weight is 302 g/mol. The Morgan fingerprint density at radius 3 is 2.58 bits per heavy atom. The Hall–Kier alpha value is -0.770. The molecule has 104 valence electrons. The molecule has 1 fully saturated rings. The summed E-state index contributed by atoms with van der Waals surface area (Å²) in [5, 5.41) is 13.3. The van der Waals surface area contributed by atoms with E-state index in [9.17, 15) is 9.90 Å². The second kappa shape index (κ2) is 6.60. The maximum absolute atomic E-state index is 11.9. The van der Waals surface area contributed by atoms with Gasteiger partial charge >= 0.3 is 0 Å². The van der Waals surface area contributed by atoms with Crippen molar-refractivity contribution in [1.82, 2.24) is 5.32 Å². The summed E-state index contributed by atoms with van der Waals surface area (Å²) in [5.74, 6) is 0.289. The fourth-order valence-electron chi connectivity index (χ4n) is 2.42. The Kier molecular flexibility index (Phi) is 5.08. The first-order valence-electron chi connectivity index (χ1n) is 6.44. The highest BCUT2D eigenvalue weighted by Gasteiger charge is 2.23. The van der Waals surface area contributed by atoms with E-state index < -0.39 is 0 Å². The summed E-state index contributed by atoms with van der Waals surface area (Å²) < 4.78 is 0. The zero-order valence-corrected chi connectivity index (χ0v) is 12.0. The topological polar surface area (TPSA) is 49.3 Å². The van der Waals surface area contributed by atoms with Crippen molar-refractivity contribution in [3.8, 4) is 0 Å². The summed E-state index contributed by atoms with van der Waals surface area (Å²) in [5.41, 5.74) is 0.662. The van der Waals surface area contributed by atoms with Crippen LogP contribution in [0.3, 0.4) is 0 Å². The van der Waals surface area contributed by atoms with Gasteiger partial charge in [0.05, 0.1) is 12.5 Å². The largest absolute Gasteiger partial charge is 0.393 e. The molecule has 19 heavy (non-hydrogen) atoms. The molecule has 5 heteroatoms. The lowest BCUT2D eigenvalue weighted by atomic mass is 10.1. The summed E-state index contributed by atoms with van der Waals surface area (Å²) in [7, 11) is 0. The van der Waals surface area contributed by atoms with E-state index in [4.69, 9.17) is 23.2 Å². The van der Waals surface area contributed by atoms with E-state index in [-0.39, 0.29) is 18.4 Å². The number of carbonyl (C=O) groups is 1. The monoisotopic (exact) mass is 301 g/mol. The van der Waals surface area contributed by atoms with Crippen molar-refractivity contribution in [3.63, 3.8) is 0 Å². The van der Waals surface area contributed by atoms with E-state index in [2.05, 4.69) is 5.32 Å². The van der Waals surface area contributed by atoms with Crippen molar-refractivity contribution in [1.29, 1.82) is 0 Å². The molecule has 3 nitrogen and oxygen atoms in total. The first-order chi connectivity index (χ1) is 9.06. The van der Waals surface area contributed by atoms with Crippen LogP contribution in [0.25, 0.3) is 0 Å². The molecule has 0 aromatic heterocycles. The summed E-state index contributed by atoms with van der Waals surface area (Å²) >= 11 is 12.0. The minimum Gasteiger partial charge on any atom is -0.393 e. The van der Waals surface area contributed by atoms with Gasteiger partial charge in [-0.05, 0) is 42.9 Å². The highest BCUT2D eigenvalue weighted by Crippen LogP contribution is 2.26. The number of amides is 1. The molecular formula is C14H17Cl2NO2. The lowest BCUT2D eigenvalue weighted by Crippen LogP contribution is -2.30. The molecule has 0 heterocycles. The van der Waals surface area contributed by atoms with E-state index in [0.717, 1.165) is 19.3 Å². The summed E-state index contributed by atoms with van der Waals surface area (Å²) in [4.78, 5) is 11.9. The molecule has 2 unspecified atom stereocenters. The fourth-order valence-corrected chi connectivity index (χ4v) is 2.95. The Balaban J connectivity index is 1.84. The van der Waals surface area contributed by atoms with E-state index in [1.54, 1.807) is 18.2 Å². The summed E-state index contributed by atoms with van der Waals surface area (Å²) in [6, 6.07) is 5.21. The molecule has 1 saturated carbocycles. The molecule has 2 atom stereocenters. The van der Waals surface area contributed by atoms with Crippen LogP contribution in [0.4, 0.5) is 0 Å². The lowest BCUT2D eigenvalue weighted by molar-refractivity contribution is -0.120. The van der Waals surface area contributed by atoms with Crippen molar-refractivity contribution in [3.05, 3.63) is 33.8 Å². The highest BCUT2D eigenvalue weighted by atomic mass is 35.5. The van der Waals surface area contributed by atoms with Gasteiger partial charge in [0.15, 0.2) is 0 Å². The van der Waals surface area contributed by atoms with Gasteiger partial charge in [-0.3, -0.25) is 4.79 Å². The zero-order valence-electron chi connectivity index (χ0n) is 10.5. The summed E-state index contributed by atoms with van der Waals surface area (Å²) in [6.07, 6.45) is 2.55. The zero-order chi connectivity index (χ0) is 13.8. The van der Waals surface area contributed by atoms with Gasteiger partial charge in [0.2, 0.25) is 5.91 Å². The van der Waals surface area contributed by atoms with Crippen LogP contribution in [0.2, 0.25) is 10.0 Å². The predicted octanol–water partition coefficient (Wildman–Crippen LogP) is 2.81. The Bertz CT molecular complexity index is 445. The van der Waals surface area contributed by atoms with Gasteiger partial charge in [-0.2, -0.15) is 0 Å². The molecular weight excluding hydrogens is 285 g/mol. The highest BCUT2D eigenvalue weighted by molar-refractivity contribution is 6.36. The minimum absolute atomic E-state index is 0.0867. The number of nitrogens with one attached hydrogen (secondary N) is 1. The van der Waals surface area contributed by atoms with Crippen molar-refractivity contribution in [2.45, 2.75) is 31.8 Å². The number of halogens is 2. The molecule has 0 spiro atoms. The Labute approximate surface area is 122 Å².